The summed E-state index contributed by atoms with van der Waals surface area (Å²) < 4.78 is 6.39. The van der Waals surface area contributed by atoms with Crippen molar-refractivity contribution in [3.8, 4) is 11.6 Å². The van der Waals surface area contributed by atoms with E-state index in [9.17, 15) is 19.7 Å². The lowest BCUT2D eigenvalue weighted by atomic mass is 10.2. The maximum absolute atomic E-state index is 12.6. The van der Waals surface area contributed by atoms with Gasteiger partial charge in [0.2, 0.25) is 5.88 Å². The van der Waals surface area contributed by atoms with Crippen LogP contribution in [0.25, 0.3) is 10.9 Å². The van der Waals surface area contributed by atoms with Crippen LogP contribution in [-0.2, 0) is 0 Å². The number of nitrogens with one attached hydrogen (secondary N) is 1. The largest absolute Gasteiger partial charge is 0.438 e. The van der Waals surface area contributed by atoms with Crippen molar-refractivity contribution >= 4 is 22.8 Å². The Morgan fingerprint density at radius 1 is 1.07 bits per heavy atom. The highest BCUT2D eigenvalue weighted by Crippen LogP contribution is 2.23. The molecule has 0 saturated carbocycles. The molecule has 2 heterocycles. The fraction of sp³-hybridized carbons (Fsp3) is 0. The van der Waals surface area contributed by atoms with Crippen molar-refractivity contribution in [3.05, 3.63) is 103 Å². The monoisotopic (exact) mass is 403 g/mol. The predicted molar refractivity (Wildman–Crippen MR) is 109 cm³/mol. The molecule has 0 fully saturated rings. The molecule has 0 radical (unpaired) electrons. The molecule has 0 aliphatic carbocycles. The normalized spacial score (nSPS) is 11.1. The summed E-state index contributed by atoms with van der Waals surface area (Å²) in [5.74, 6) is 0.482. The number of nitrogens with zero attached hydrogens (tertiary/aromatic N) is 4. The van der Waals surface area contributed by atoms with Crippen LogP contribution in [0.1, 0.15) is 5.56 Å². The molecule has 0 atom stereocenters. The van der Waals surface area contributed by atoms with E-state index in [1.807, 2.05) is 0 Å². The first-order valence-corrected chi connectivity index (χ1v) is 8.69. The highest BCUT2D eigenvalue weighted by Gasteiger charge is 2.09. The molecule has 0 amide bonds. The van der Waals surface area contributed by atoms with Crippen LogP contribution >= 0.6 is 0 Å². The van der Waals surface area contributed by atoms with Crippen LogP contribution in [0, 0.1) is 10.1 Å². The lowest BCUT2D eigenvalue weighted by Crippen LogP contribution is -2.32. The Labute approximate surface area is 167 Å². The first-order chi connectivity index (χ1) is 14.5. The van der Waals surface area contributed by atoms with Crippen LogP contribution in [0.4, 0.5) is 5.69 Å². The topological polar surface area (TPSA) is 132 Å². The molecular formula is C20H13N5O5. The summed E-state index contributed by atoms with van der Waals surface area (Å²) in [5.41, 5.74) is -0.498. The Hall–Kier alpha value is -4.60. The van der Waals surface area contributed by atoms with E-state index < -0.39 is 16.2 Å². The molecule has 0 aliphatic rings. The summed E-state index contributed by atoms with van der Waals surface area (Å²) in [7, 11) is 0. The summed E-state index contributed by atoms with van der Waals surface area (Å²) in [6, 6.07) is 16.0. The molecule has 2 aromatic carbocycles. The minimum absolute atomic E-state index is 0.141. The maximum Gasteiger partial charge on any atom is 0.349 e. The van der Waals surface area contributed by atoms with Crippen LogP contribution < -0.4 is 16.0 Å². The summed E-state index contributed by atoms with van der Waals surface area (Å²) in [6.45, 7) is 0. The van der Waals surface area contributed by atoms with E-state index in [4.69, 9.17) is 4.74 Å². The summed E-state index contributed by atoms with van der Waals surface area (Å²) >= 11 is 0. The van der Waals surface area contributed by atoms with Crippen LogP contribution in [0.5, 0.6) is 11.6 Å². The number of pyridine rings is 1. The first-order valence-electron chi connectivity index (χ1n) is 8.69. The summed E-state index contributed by atoms with van der Waals surface area (Å²) in [4.78, 5) is 41.5. The van der Waals surface area contributed by atoms with Gasteiger partial charge in [-0.1, -0.05) is 24.3 Å². The standard InChI is InChI=1S/C20H13N5O5/c26-19-15-6-2-3-7-16(15)23-20(27)24(19)22-11-13-5-1-4-8-17(13)30-18-10-9-14(12-21-18)25(28)29/h1-12H,(H,23,27). The molecule has 2 aromatic heterocycles. The number of benzene rings is 2. The number of nitro groups is 1. The fourth-order valence-electron chi connectivity index (χ4n) is 2.71. The lowest BCUT2D eigenvalue weighted by Gasteiger charge is -2.07. The summed E-state index contributed by atoms with van der Waals surface area (Å²) in [6.07, 6.45) is 2.40. The average molecular weight is 403 g/mol. The van der Waals surface area contributed by atoms with Gasteiger partial charge >= 0.3 is 5.69 Å². The van der Waals surface area contributed by atoms with E-state index in [2.05, 4.69) is 15.1 Å². The fourth-order valence-corrected chi connectivity index (χ4v) is 2.71. The third-order valence-electron chi connectivity index (χ3n) is 4.16. The number of H-pyrrole nitrogens is 1. The predicted octanol–water partition coefficient (Wildman–Crippen LogP) is 2.67. The number of hydrogen-bond acceptors (Lipinski definition) is 7. The smallest absolute Gasteiger partial charge is 0.349 e. The molecule has 10 heteroatoms. The Kier molecular flexibility index (Phi) is 4.87. The van der Waals surface area contributed by atoms with E-state index in [-0.39, 0.29) is 11.6 Å². The van der Waals surface area contributed by atoms with E-state index in [1.54, 1.807) is 48.5 Å². The van der Waals surface area contributed by atoms with E-state index in [0.29, 0.717) is 22.2 Å². The molecule has 4 aromatic rings. The van der Waals surface area contributed by atoms with Gasteiger partial charge in [-0.2, -0.15) is 5.10 Å². The van der Waals surface area contributed by atoms with Crippen molar-refractivity contribution in [3.63, 3.8) is 0 Å². The number of aromatic amines is 1. The lowest BCUT2D eigenvalue weighted by molar-refractivity contribution is -0.385. The van der Waals surface area contributed by atoms with Gasteiger partial charge in [-0.15, -0.1) is 4.68 Å². The van der Waals surface area contributed by atoms with Gasteiger partial charge in [-0.25, -0.2) is 9.78 Å². The molecule has 0 saturated heterocycles. The van der Waals surface area contributed by atoms with Crippen LogP contribution in [0.3, 0.4) is 0 Å². The van der Waals surface area contributed by atoms with Gasteiger partial charge in [-0.05, 0) is 24.3 Å². The van der Waals surface area contributed by atoms with Crippen LogP contribution in [0.2, 0.25) is 0 Å². The number of rotatable bonds is 5. The minimum atomic E-state index is -0.676. The second-order valence-electron chi connectivity index (χ2n) is 6.09. The van der Waals surface area contributed by atoms with Crippen molar-refractivity contribution in [1.29, 1.82) is 0 Å². The zero-order chi connectivity index (χ0) is 21.1. The Balaban J connectivity index is 1.67. The third-order valence-corrected chi connectivity index (χ3v) is 4.16. The van der Waals surface area contributed by atoms with Crippen molar-refractivity contribution in [1.82, 2.24) is 14.6 Å². The van der Waals surface area contributed by atoms with Gasteiger partial charge in [0.1, 0.15) is 11.9 Å². The second-order valence-corrected chi connectivity index (χ2v) is 6.09. The highest BCUT2D eigenvalue weighted by atomic mass is 16.6. The first kappa shape index (κ1) is 18.7. The van der Waals surface area contributed by atoms with Crippen molar-refractivity contribution in [2.24, 2.45) is 5.10 Å². The maximum atomic E-state index is 12.6. The minimum Gasteiger partial charge on any atom is -0.438 e. The Morgan fingerprint density at radius 2 is 1.83 bits per heavy atom. The van der Waals surface area contributed by atoms with Crippen molar-refractivity contribution in [2.45, 2.75) is 0 Å². The van der Waals surface area contributed by atoms with Gasteiger partial charge in [0.25, 0.3) is 11.2 Å². The number of fused-ring (bicyclic) bond motifs is 1. The zero-order valence-electron chi connectivity index (χ0n) is 15.3. The second kappa shape index (κ2) is 7.80. The van der Waals surface area contributed by atoms with Gasteiger partial charge in [0, 0.05) is 17.7 Å². The molecule has 0 aliphatic heterocycles. The Morgan fingerprint density at radius 3 is 2.60 bits per heavy atom. The van der Waals surface area contributed by atoms with Crippen LogP contribution in [0.15, 0.2) is 81.6 Å². The van der Waals surface area contributed by atoms with Crippen molar-refractivity contribution < 1.29 is 9.66 Å². The number of para-hydroxylation sites is 2. The molecule has 1 N–H and O–H groups in total. The van der Waals surface area contributed by atoms with Gasteiger partial charge in [-0.3, -0.25) is 14.9 Å². The summed E-state index contributed by atoms with van der Waals surface area (Å²) in [5, 5.41) is 15.1. The molecule has 10 nitrogen and oxygen atoms in total. The van der Waals surface area contributed by atoms with E-state index in [0.717, 1.165) is 10.9 Å². The molecule has 0 spiro atoms. The number of hydrogen-bond donors (Lipinski definition) is 1. The SMILES string of the molecule is O=c1[nH]c2ccccc2c(=O)n1N=Cc1ccccc1Oc1ccc([N+](=O)[O-])cn1. The number of ether oxygens (including phenoxy) is 1. The van der Waals surface area contributed by atoms with Gasteiger partial charge in [0.05, 0.1) is 22.0 Å². The molecule has 0 unspecified atom stereocenters. The van der Waals surface area contributed by atoms with Gasteiger partial charge in [0.15, 0.2) is 0 Å². The van der Waals surface area contributed by atoms with Crippen LogP contribution in [-0.4, -0.2) is 25.8 Å². The number of aromatic nitrogens is 3. The highest BCUT2D eigenvalue weighted by molar-refractivity contribution is 5.83. The molecular weight excluding hydrogens is 390 g/mol. The van der Waals surface area contributed by atoms with E-state index >= 15 is 0 Å². The molecule has 0 bridgehead atoms. The van der Waals surface area contributed by atoms with Crippen molar-refractivity contribution in [2.75, 3.05) is 0 Å². The quantitative estimate of drug-likeness (QED) is 0.309. The van der Waals surface area contributed by atoms with Gasteiger partial charge < -0.3 is 9.72 Å². The van der Waals surface area contributed by atoms with E-state index in [1.165, 1.54) is 18.3 Å². The zero-order valence-corrected chi connectivity index (χ0v) is 15.3. The molecule has 148 valence electrons. The molecule has 30 heavy (non-hydrogen) atoms. The molecule has 4 rings (SSSR count). The third kappa shape index (κ3) is 3.69. The Bertz CT molecular complexity index is 1390. The average Bonchev–Trinajstić information content (AvgIpc) is 2.75.